The number of furan rings is 1. The summed E-state index contributed by atoms with van der Waals surface area (Å²) in [6, 6.07) is 11.2. The molecule has 1 aromatic heterocycles. The van der Waals surface area contributed by atoms with Gasteiger partial charge in [0, 0.05) is 16.8 Å². The molecule has 0 saturated carbocycles. The minimum absolute atomic E-state index is 0.0382. The van der Waals surface area contributed by atoms with Gasteiger partial charge in [0.15, 0.2) is 5.78 Å². The molecule has 0 aliphatic carbocycles. The van der Waals surface area contributed by atoms with Crippen LogP contribution >= 0.6 is 11.6 Å². The fraction of sp³-hybridized carbons (Fsp3) is 0.118. The average Bonchev–Trinajstić information content (AvgIpc) is 2.87. The zero-order valence-corrected chi connectivity index (χ0v) is 12.1. The van der Waals surface area contributed by atoms with Gasteiger partial charge in [0.1, 0.15) is 17.2 Å². The van der Waals surface area contributed by atoms with E-state index in [-0.39, 0.29) is 5.56 Å². The first-order chi connectivity index (χ1) is 10.1. The molecule has 4 heteroatoms. The molecule has 106 valence electrons. The highest BCUT2D eigenvalue weighted by Crippen LogP contribution is 2.29. The van der Waals surface area contributed by atoms with E-state index in [0.717, 1.165) is 0 Å². The van der Waals surface area contributed by atoms with Gasteiger partial charge in [-0.15, -0.1) is 0 Å². The molecule has 0 aliphatic rings. The van der Waals surface area contributed by atoms with Crippen LogP contribution in [0.1, 0.15) is 28.6 Å². The third kappa shape index (κ3) is 2.34. The van der Waals surface area contributed by atoms with Gasteiger partial charge >= 0.3 is 0 Å². The number of carbonyl (C=O) groups excluding carboxylic acids is 1. The predicted octanol–water partition coefficient (Wildman–Crippen LogP) is 5.02. The van der Waals surface area contributed by atoms with Crippen molar-refractivity contribution >= 4 is 28.4 Å². The van der Waals surface area contributed by atoms with E-state index < -0.39 is 11.6 Å². The number of aryl methyl sites for hydroxylation is 1. The molecule has 1 heterocycles. The third-order valence-electron chi connectivity index (χ3n) is 3.39. The maximum absolute atomic E-state index is 13.9. The van der Waals surface area contributed by atoms with E-state index in [9.17, 15) is 9.18 Å². The van der Waals surface area contributed by atoms with Crippen molar-refractivity contribution in [3.05, 3.63) is 70.2 Å². The van der Waals surface area contributed by atoms with E-state index >= 15 is 0 Å². The maximum Gasteiger partial charge on any atom is 0.200 e. The topological polar surface area (TPSA) is 30.2 Å². The van der Waals surface area contributed by atoms with Crippen LogP contribution in [-0.4, -0.2) is 5.78 Å². The maximum atomic E-state index is 13.9. The molecule has 0 atom stereocenters. The first-order valence-corrected chi connectivity index (χ1v) is 6.99. The number of para-hydroxylation sites is 1. The van der Waals surface area contributed by atoms with Gasteiger partial charge in [0.2, 0.25) is 0 Å². The molecule has 3 rings (SSSR count). The number of ketones is 1. The zero-order chi connectivity index (χ0) is 15.0. The number of hydrogen-bond donors (Lipinski definition) is 0. The molecule has 0 aliphatic heterocycles. The standard InChI is InChI=1S/C17H12ClFO2/c1-2-14-16(11-5-3-4-6-15(11)21-14)17(20)12-9-10(18)7-8-13(12)19/h3-9H,2H2,1H3. The molecular weight excluding hydrogens is 291 g/mol. The number of benzene rings is 2. The quantitative estimate of drug-likeness (QED) is 0.636. The Labute approximate surface area is 126 Å². The lowest BCUT2D eigenvalue weighted by atomic mass is 9.99. The van der Waals surface area contributed by atoms with Crippen molar-refractivity contribution in [1.82, 2.24) is 0 Å². The Morgan fingerprint density at radius 1 is 1.24 bits per heavy atom. The number of fused-ring (bicyclic) bond motifs is 1. The molecule has 21 heavy (non-hydrogen) atoms. The van der Waals surface area contributed by atoms with E-state index in [1.165, 1.54) is 18.2 Å². The summed E-state index contributed by atoms with van der Waals surface area (Å²) in [6.45, 7) is 1.89. The van der Waals surface area contributed by atoms with Crippen LogP contribution in [0.5, 0.6) is 0 Å². The van der Waals surface area contributed by atoms with Gasteiger partial charge in [-0.3, -0.25) is 4.79 Å². The highest BCUT2D eigenvalue weighted by Gasteiger charge is 2.23. The second-order valence-electron chi connectivity index (χ2n) is 4.70. The zero-order valence-electron chi connectivity index (χ0n) is 11.3. The Kier molecular flexibility index (Phi) is 3.52. The molecule has 0 saturated heterocycles. The fourth-order valence-corrected chi connectivity index (χ4v) is 2.57. The summed E-state index contributed by atoms with van der Waals surface area (Å²) >= 11 is 5.87. The molecular formula is C17H12ClFO2. The van der Waals surface area contributed by atoms with Crippen LogP contribution in [0.3, 0.4) is 0 Å². The average molecular weight is 303 g/mol. The lowest BCUT2D eigenvalue weighted by Crippen LogP contribution is -2.06. The van der Waals surface area contributed by atoms with E-state index in [1.54, 1.807) is 12.1 Å². The highest BCUT2D eigenvalue weighted by atomic mass is 35.5. The Morgan fingerprint density at radius 3 is 2.76 bits per heavy atom. The largest absolute Gasteiger partial charge is 0.460 e. The molecule has 0 spiro atoms. The SMILES string of the molecule is CCc1oc2ccccc2c1C(=O)c1cc(Cl)ccc1F. The summed E-state index contributed by atoms with van der Waals surface area (Å²) in [6.07, 6.45) is 0.554. The molecule has 2 nitrogen and oxygen atoms in total. The highest BCUT2D eigenvalue weighted by molar-refractivity contribution is 6.31. The normalized spacial score (nSPS) is 11.0. The predicted molar refractivity (Wildman–Crippen MR) is 80.4 cm³/mol. The van der Waals surface area contributed by atoms with Crippen molar-refractivity contribution in [2.45, 2.75) is 13.3 Å². The molecule has 2 aromatic carbocycles. The van der Waals surface area contributed by atoms with Crippen LogP contribution in [0, 0.1) is 5.82 Å². The Bertz CT molecular complexity index is 836. The monoisotopic (exact) mass is 302 g/mol. The Balaban J connectivity index is 2.24. The third-order valence-corrected chi connectivity index (χ3v) is 3.62. The summed E-state index contributed by atoms with van der Waals surface area (Å²) in [7, 11) is 0. The molecule has 0 fully saturated rings. The first kappa shape index (κ1) is 13.8. The van der Waals surface area contributed by atoms with Gasteiger partial charge in [0.25, 0.3) is 0 Å². The van der Waals surface area contributed by atoms with Crippen LogP contribution < -0.4 is 0 Å². The number of hydrogen-bond acceptors (Lipinski definition) is 2. The van der Waals surface area contributed by atoms with Gasteiger partial charge in [-0.05, 0) is 24.3 Å². The van der Waals surface area contributed by atoms with E-state index in [0.29, 0.717) is 33.7 Å². The summed E-state index contributed by atoms with van der Waals surface area (Å²) in [5.74, 6) is -0.436. The number of halogens is 2. The smallest absolute Gasteiger partial charge is 0.200 e. The number of rotatable bonds is 3. The Hall–Kier alpha value is -2.13. The van der Waals surface area contributed by atoms with Crippen LogP contribution in [0.4, 0.5) is 4.39 Å². The molecule has 3 aromatic rings. The molecule has 0 amide bonds. The van der Waals surface area contributed by atoms with Gasteiger partial charge in [-0.1, -0.05) is 36.7 Å². The van der Waals surface area contributed by atoms with Crippen molar-refractivity contribution < 1.29 is 13.6 Å². The lowest BCUT2D eigenvalue weighted by Gasteiger charge is -2.04. The number of carbonyl (C=O) groups is 1. The minimum atomic E-state index is -0.586. The first-order valence-electron chi connectivity index (χ1n) is 6.62. The van der Waals surface area contributed by atoms with Crippen molar-refractivity contribution in [1.29, 1.82) is 0 Å². The van der Waals surface area contributed by atoms with Crippen LogP contribution in [-0.2, 0) is 6.42 Å². The van der Waals surface area contributed by atoms with Gasteiger partial charge < -0.3 is 4.42 Å². The van der Waals surface area contributed by atoms with Crippen LogP contribution in [0.15, 0.2) is 46.9 Å². The Morgan fingerprint density at radius 2 is 2.00 bits per heavy atom. The molecule has 0 unspecified atom stereocenters. The molecule has 0 radical (unpaired) electrons. The summed E-state index contributed by atoms with van der Waals surface area (Å²) in [4.78, 5) is 12.7. The lowest BCUT2D eigenvalue weighted by molar-refractivity contribution is 0.103. The van der Waals surface area contributed by atoms with Crippen LogP contribution in [0.25, 0.3) is 11.0 Å². The van der Waals surface area contributed by atoms with Gasteiger partial charge in [0.05, 0.1) is 11.1 Å². The van der Waals surface area contributed by atoms with Crippen molar-refractivity contribution in [2.75, 3.05) is 0 Å². The second kappa shape index (κ2) is 5.34. The summed E-state index contributed by atoms with van der Waals surface area (Å²) in [5.41, 5.74) is 0.998. The van der Waals surface area contributed by atoms with Crippen LogP contribution in [0.2, 0.25) is 5.02 Å². The van der Waals surface area contributed by atoms with Gasteiger partial charge in [-0.25, -0.2) is 4.39 Å². The van der Waals surface area contributed by atoms with E-state index in [2.05, 4.69) is 0 Å². The minimum Gasteiger partial charge on any atom is -0.460 e. The molecule has 0 N–H and O–H groups in total. The molecule has 0 bridgehead atoms. The van der Waals surface area contributed by atoms with Crippen molar-refractivity contribution in [2.24, 2.45) is 0 Å². The van der Waals surface area contributed by atoms with E-state index in [4.69, 9.17) is 16.0 Å². The van der Waals surface area contributed by atoms with E-state index in [1.807, 2.05) is 19.1 Å². The fourth-order valence-electron chi connectivity index (χ4n) is 2.40. The van der Waals surface area contributed by atoms with Gasteiger partial charge in [-0.2, -0.15) is 0 Å². The summed E-state index contributed by atoms with van der Waals surface area (Å²) < 4.78 is 19.6. The van der Waals surface area contributed by atoms with Crippen molar-refractivity contribution in [3.63, 3.8) is 0 Å². The summed E-state index contributed by atoms with van der Waals surface area (Å²) in [5, 5.41) is 1.02. The second-order valence-corrected chi connectivity index (χ2v) is 5.14. The van der Waals surface area contributed by atoms with Crippen molar-refractivity contribution in [3.8, 4) is 0 Å².